The zero-order valence-corrected chi connectivity index (χ0v) is 16.7. The van der Waals surface area contributed by atoms with E-state index in [1.54, 1.807) is 36.3 Å². The molecule has 2 aromatic carbocycles. The van der Waals surface area contributed by atoms with Crippen LogP contribution in [-0.2, 0) is 0 Å². The molecule has 0 saturated heterocycles. The van der Waals surface area contributed by atoms with Crippen LogP contribution in [0, 0.1) is 0 Å². The number of nitrogens with one attached hydrogen (secondary N) is 2. The number of nitrogens with zero attached hydrogens (tertiary/aromatic N) is 2. The maximum Gasteiger partial charge on any atom is 0.259 e. The number of ether oxygens (including phenoxy) is 1. The van der Waals surface area contributed by atoms with Crippen molar-refractivity contribution in [1.29, 1.82) is 0 Å². The van der Waals surface area contributed by atoms with Crippen LogP contribution in [0.4, 0.5) is 5.69 Å². The fourth-order valence-corrected chi connectivity index (χ4v) is 3.02. The molecule has 0 aliphatic carbocycles. The number of aromatic nitrogens is 2. The zero-order chi connectivity index (χ0) is 20.8. The minimum Gasteiger partial charge on any atom is -0.497 e. The van der Waals surface area contributed by atoms with E-state index < -0.39 is 0 Å². The number of hydrogen-bond acceptors (Lipinski definition) is 4. The average Bonchev–Trinajstić information content (AvgIpc) is 3.25. The molecule has 0 aliphatic heterocycles. The first kappa shape index (κ1) is 20.1. The van der Waals surface area contributed by atoms with Gasteiger partial charge in [0.05, 0.1) is 24.6 Å². The van der Waals surface area contributed by atoms with Gasteiger partial charge in [-0.25, -0.2) is 0 Å². The molecule has 3 rings (SSSR count). The van der Waals surface area contributed by atoms with E-state index in [9.17, 15) is 9.59 Å². The second-order valence-corrected chi connectivity index (χ2v) is 6.40. The van der Waals surface area contributed by atoms with Crippen molar-refractivity contribution in [3.63, 3.8) is 0 Å². The Hall–Kier alpha value is -3.61. The summed E-state index contributed by atoms with van der Waals surface area (Å²) < 4.78 is 5.17. The molecular formula is C22H24N4O3. The van der Waals surface area contributed by atoms with Crippen molar-refractivity contribution in [3.05, 3.63) is 65.9 Å². The number of aromatic amines is 1. The van der Waals surface area contributed by atoms with Crippen LogP contribution in [0.1, 0.15) is 34.6 Å². The summed E-state index contributed by atoms with van der Waals surface area (Å²) in [4.78, 5) is 26.9. The third-order valence-electron chi connectivity index (χ3n) is 4.70. The third kappa shape index (κ3) is 4.45. The smallest absolute Gasteiger partial charge is 0.259 e. The molecule has 2 N–H and O–H groups in total. The van der Waals surface area contributed by atoms with E-state index in [-0.39, 0.29) is 11.8 Å². The van der Waals surface area contributed by atoms with E-state index in [1.807, 2.05) is 38.1 Å². The Morgan fingerprint density at radius 2 is 1.69 bits per heavy atom. The molecule has 0 bridgehead atoms. The second-order valence-electron chi connectivity index (χ2n) is 6.40. The summed E-state index contributed by atoms with van der Waals surface area (Å²) in [5, 5.41) is 9.74. The summed E-state index contributed by atoms with van der Waals surface area (Å²) in [6.07, 6.45) is 1.49. The topological polar surface area (TPSA) is 87.3 Å². The molecule has 0 spiro atoms. The highest BCUT2D eigenvalue weighted by atomic mass is 16.5. The Bertz CT molecular complexity index is 974. The molecule has 1 aromatic heterocycles. The molecule has 150 valence electrons. The molecule has 0 atom stereocenters. The highest BCUT2D eigenvalue weighted by Crippen LogP contribution is 2.24. The quantitative estimate of drug-likeness (QED) is 0.640. The first-order chi connectivity index (χ1) is 14.1. The molecule has 7 heteroatoms. The van der Waals surface area contributed by atoms with Crippen molar-refractivity contribution >= 4 is 17.5 Å². The minimum absolute atomic E-state index is 0.0236. The van der Waals surface area contributed by atoms with Crippen LogP contribution < -0.4 is 10.1 Å². The van der Waals surface area contributed by atoms with Gasteiger partial charge >= 0.3 is 0 Å². The Kier molecular flexibility index (Phi) is 6.29. The van der Waals surface area contributed by atoms with Crippen LogP contribution in [-0.4, -0.2) is 47.1 Å². The summed E-state index contributed by atoms with van der Waals surface area (Å²) in [5.74, 6) is 0.426. The number of H-pyrrole nitrogens is 1. The van der Waals surface area contributed by atoms with Crippen LogP contribution in [0.3, 0.4) is 0 Å². The van der Waals surface area contributed by atoms with Crippen molar-refractivity contribution < 1.29 is 14.3 Å². The Labute approximate surface area is 169 Å². The van der Waals surface area contributed by atoms with Crippen LogP contribution in [0.25, 0.3) is 11.3 Å². The lowest BCUT2D eigenvalue weighted by Gasteiger charge is -2.18. The summed E-state index contributed by atoms with van der Waals surface area (Å²) in [6, 6.07) is 14.2. The molecule has 3 aromatic rings. The van der Waals surface area contributed by atoms with Gasteiger partial charge in [-0.1, -0.05) is 0 Å². The number of amides is 2. The molecule has 7 nitrogen and oxygen atoms in total. The average molecular weight is 392 g/mol. The van der Waals surface area contributed by atoms with E-state index in [1.165, 1.54) is 6.20 Å². The lowest BCUT2D eigenvalue weighted by Crippen LogP contribution is -2.30. The standard InChI is InChI=1S/C22H24N4O3/c1-4-26(5-2)22(28)16-6-10-17(11-7-16)24-21(27)19-14-23-25-20(19)15-8-12-18(29-3)13-9-15/h6-14H,4-5H2,1-3H3,(H,23,25)(H,24,27). The fourth-order valence-electron chi connectivity index (χ4n) is 3.02. The highest BCUT2D eigenvalue weighted by molar-refractivity contribution is 6.08. The van der Waals surface area contributed by atoms with Crippen molar-refractivity contribution in [2.75, 3.05) is 25.5 Å². The number of carbonyl (C=O) groups excluding carboxylic acids is 2. The molecule has 29 heavy (non-hydrogen) atoms. The number of anilines is 1. The molecule has 0 radical (unpaired) electrons. The lowest BCUT2D eigenvalue weighted by atomic mass is 10.1. The van der Waals surface area contributed by atoms with Gasteiger partial charge in [-0.15, -0.1) is 0 Å². The summed E-state index contributed by atoms with van der Waals surface area (Å²) >= 11 is 0. The van der Waals surface area contributed by atoms with Crippen molar-refractivity contribution in [2.45, 2.75) is 13.8 Å². The highest BCUT2D eigenvalue weighted by Gasteiger charge is 2.16. The number of carbonyl (C=O) groups is 2. The maximum atomic E-state index is 12.7. The number of benzene rings is 2. The first-order valence-electron chi connectivity index (χ1n) is 9.45. The summed E-state index contributed by atoms with van der Waals surface area (Å²) in [5.41, 5.74) is 3.08. The normalized spacial score (nSPS) is 10.4. The van der Waals surface area contributed by atoms with E-state index >= 15 is 0 Å². The van der Waals surface area contributed by atoms with Gasteiger partial charge in [-0.3, -0.25) is 14.7 Å². The lowest BCUT2D eigenvalue weighted by molar-refractivity contribution is 0.0773. The van der Waals surface area contributed by atoms with E-state index in [2.05, 4.69) is 15.5 Å². The SMILES string of the molecule is CCN(CC)C(=O)c1ccc(NC(=O)c2cn[nH]c2-c2ccc(OC)cc2)cc1. The van der Waals surface area contributed by atoms with Crippen molar-refractivity contribution in [2.24, 2.45) is 0 Å². The van der Waals surface area contributed by atoms with Gasteiger partial charge in [-0.2, -0.15) is 5.10 Å². The maximum absolute atomic E-state index is 12.7. The fraction of sp³-hybridized carbons (Fsp3) is 0.227. The summed E-state index contributed by atoms with van der Waals surface area (Å²) in [7, 11) is 1.60. The van der Waals surface area contributed by atoms with Gasteiger partial charge < -0.3 is 15.0 Å². The van der Waals surface area contributed by atoms with Gasteiger partial charge in [0.1, 0.15) is 5.75 Å². The minimum atomic E-state index is -0.285. The van der Waals surface area contributed by atoms with Crippen LogP contribution in [0.5, 0.6) is 5.75 Å². The van der Waals surface area contributed by atoms with Crippen molar-refractivity contribution in [1.82, 2.24) is 15.1 Å². The van der Waals surface area contributed by atoms with Crippen LogP contribution >= 0.6 is 0 Å². The molecule has 0 unspecified atom stereocenters. The van der Waals surface area contributed by atoms with Gasteiger partial charge in [0, 0.05) is 29.9 Å². The van der Waals surface area contributed by atoms with Gasteiger partial charge in [0.2, 0.25) is 0 Å². The Balaban J connectivity index is 1.74. The second kappa shape index (κ2) is 9.05. The molecule has 0 fully saturated rings. The predicted octanol–water partition coefficient (Wildman–Crippen LogP) is 3.82. The number of methoxy groups -OCH3 is 1. The Morgan fingerprint density at radius 3 is 2.28 bits per heavy atom. The van der Waals surface area contributed by atoms with Crippen LogP contribution in [0.2, 0.25) is 0 Å². The molecule has 0 aliphatic rings. The summed E-state index contributed by atoms with van der Waals surface area (Å²) in [6.45, 7) is 5.20. The Morgan fingerprint density at radius 1 is 1.03 bits per heavy atom. The van der Waals surface area contributed by atoms with Crippen LogP contribution in [0.15, 0.2) is 54.7 Å². The largest absolute Gasteiger partial charge is 0.497 e. The number of rotatable bonds is 7. The monoisotopic (exact) mass is 392 g/mol. The van der Waals surface area contributed by atoms with Gasteiger partial charge in [0.15, 0.2) is 0 Å². The van der Waals surface area contributed by atoms with Gasteiger partial charge in [0.25, 0.3) is 11.8 Å². The third-order valence-corrected chi connectivity index (χ3v) is 4.70. The first-order valence-corrected chi connectivity index (χ1v) is 9.45. The molecule has 2 amide bonds. The predicted molar refractivity (Wildman–Crippen MR) is 112 cm³/mol. The zero-order valence-electron chi connectivity index (χ0n) is 16.7. The van der Waals surface area contributed by atoms with E-state index in [4.69, 9.17) is 4.74 Å². The van der Waals surface area contributed by atoms with Crippen molar-refractivity contribution in [3.8, 4) is 17.0 Å². The molecular weight excluding hydrogens is 368 g/mol. The van der Waals surface area contributed by atoms with E-state index in [0.717, 1.165) is 11.3 Å². The van der Waals surface area contributed by atoms with E-state index in [0.29, 0.717) is 35.6 Å². The molecule has 0 saturated carbocycles. The molecule has 1 heterocycles. The van der Waals surface area contributed by atoms with Gasteiger partial charge in [-0.05, 0) is 62.4 Å². The number of hydrogen-bond donors (Lipinski definition) is 2.